The van der Waals surface area contributed by atoms with Crippen LogP contribution in [0.5, 0.6) is 0 Å². The smallest absolute Gasteiger partial charge is 0.0247 e. The highest BCUT2D eigenvalue weighted by Gasteiger charge is 2.23. The summed E-state index contributed by atoms with van der Waals surface area (Å²) in [6, 6.07) is 4.91. The third kappa shape index (κ3) is 2.88. The van der Waals surface area contributed by atoms with E-state index in [9.17, 15) is 0 Å². The minimum absolute atomic E-state index is 0.973. The maximum Gasteiger partial charge on any atom is -0.0247 e. The molecule has 0 N–H and O–H groups in total. The largest absolute Gasteiger partial charge is 0.0654 e. The predicted octanol–water partition coefficient (Wildman–Crippen LogP) is 5.25. The first-order valence-electron chi connectivity index (χ1n) is 8.51. The van der Waals surface area contributed by atoms with Gasteiger partial charge in [0.25, 0.3) is 0 Å². The molecule has 3 rings (SSSR count). The Balaban J connectivity index is 1.72. The molecule has 2 aliphatic carbocycles. The van der Waals surface area contributed by atoms with Crippen molar-refractivity contribution in [2.75, 3.05) is 0 Å². The van der Waals surface area contributed by atoms with E-state index >= 15 is 0 Å². The highest BCUT2D eigenvalue weighted by Crippen LogP contribution is 2.35. The Labute approximate surface area is 118 Å². The summed E-state index contributed by atoms with van der Waals surface area (Å²) in [4.78, 5) is 0. The van der Waals surface area contributed by atoms with Gasteiger partial charge in [-0.25, -0.2) is 0 Å². The van der Waals surface area contributed by atoms with Gasteiger partial charge in [-0.2, -0.15) is 0 Å². The van der Waals surface area contributed by atoms with Crippen LogP contribution in [0.2, 0.25) is 0 Å². The predicted molar refractivity (Wildman–Crippen MR) is 82.7 cm³/mol. The number of hydrogen-bond acceptors (Lipinski definition) is 0. The first-order chi connectivity index (χ1) is 9.38. The molecule has 2 aliphatic rings. The molecule has 1 aromatic carbocycles. The maximum absolute atomic E-state index is 2.46. The summed E-state index contributed by atoms with van der Waals surface area (Å²) in [5.74, 6) is 0.973. The molecule has 0 nitrogen and oxygen atoms in total. The molecule has 0 saturated heterocycles. The summed E-state index contributed by atoms with van der Waals surface area (Å²) in [7, 11) is 0. The molecule has 0 aromatic heterocycles. The molecule has 0 heteroatoms. The van der Waals surface area contributed by atoms with Crippen molar-refractivity contribution in [1.82, 2.24) is 0 Å². The van der Waals surface area contributed by atoms with Crippen LogP contribution < -0.4 is 0 Å². The fourth-order valence-electron chi connectivity index (χ4n) is 4.15. The van der Waals surface area contributed by atoms with E-state index in [-0.39, 0.29) is 0 Å². The molecule has 1 unspecified atom stereocenters. The second-order valence-electron chi connectivity index (χ2n) is 6.65. The van der Waals surface area contributed by atoms with E-state index in [1.807, 2.05) is 0 Å². The molecule has 0 bridgehead atoms. The summed E-state index contributed by atoms with van der Waals surface area (Å²) < 4.78 is 0. The monoisotopic (exact) mass is 256 g/mol. The van der Waals surface area contributed by atoms with Crippen LogP contribution in [0.15, 0.2) is 12.1 Å². The second-order valence-corrected chi connectivity index (χ2v) is 6.65. The third-order valence-electron chi connectivity index (χ3n) is 5.28. The standard InChI is InChI=1S/C19H28/c1-2-3-4-7-15-10-13-19-17(14-15)12-11-16-8-5-6-9-18(16)19/h11-12,15H,2-10,13-14H2,1H3. The van der Waals surface area contributed by atoms with Gasteiger partial charge < -0.3 is 0 Å². The first kappa shape index (κ1) is 13.2. The SMILES string of the molecule is CCCCCC1CCc2c(ccc3c2CCCC3)C1. The Morgan fingerprint density at radius 3 is 2.63 bits per heavy atom. The van der Waals surface area contributed by atoms with Crippen molar-refractivity contribution in [3.63, 3.8) is 0 Å². The van der Waals surface area contributed by atoms with Crippen LogP contribution in [0.3, 0.4) is 0 Å². The van der Waals surface area contributed by atoms with Crippen molar-refractivity contribution in [2.45, 2.75) is 77.6 Å². The molecule has 0 saturated carbocycles. The van der Waals surface area contributed by atoms with Crippen LogP contribution in [-0.2, 0) is 25.7 Å². The van der Waals surface area contributed by atoms with Crippen molar-refractivity contribution < 1.29 is 0 Å². The van der Waals surface area contributed by atoms with Gasteiger partial charge in [0.1, 0.15) is 0 Å². The Morgan fingerprint density at radius 1 is 0.947 bits per heavy atom. The number of fused-ring (bicyclic) bond motifs is 3. The lowest BCUT2D eigenvalue weighted by atomic mass is 9.76. The van der Waals surface area contributed by atoms with E-state index in [0.717, 1.165) is 5.92 Å². The van der Waals surface area contributed by atoms with Gasteiger partial charge in [0, 0.05) is 0 Å². The molecule has 19 heavy (non-hydrogen) atoms. The Hall–Kier alpha value is -0.780. The zero-order chi connectivity index (χ0) is 13.1. The van der Waals surface area contributed by atoms with Crippen molar-refractivity contribution in [3.8, 4) is 0 Å². The third-order valence-corrected chi connectivity index (χ3v) is 5.28. The average molecular weight is 256 g/mol. The number of aryl methyl sites for hydroxylation is 1. The van der Waals surface area contributed by atoms with Crippen LogP contribution in [0.4, 0.5) is 0 Å². The average Bonchev–Trinajstić information content (AvgIpc) is 2.47. The van der Waals surface area contributed by atoms with Gasteiger partial charge in [-0.05, 0) is 73.1 Å². The molecule has 0 fully saturated rings. The molecule has 0 heterocycles. The van der Waals surface area contributed by atoms with E-state index in [1.54, 1.807) is 22.3 Å². The summed E-state index contributed by atoms with van der Waals surface area (Å²) in [6.07, 6.45) is 15.4. The summed E-state index contributed by atoms with van der Waals surface area (Å²) in [5, 5.41) is 0. The van der Waals surface area contributed by atoms with E-state index in [1.165, 1.54) is 70.6 Å². The van der Waals surface area contributed by atoms with Crippen LogP contribution in [0, 0.1) is 5.92 Å². The van der Waals surface area contributed by atoms with E-state index in [4.69, 9.17) is 0 Å². The van der Waals surface area contributed by atoms with Gasteiger partial charge in [-0.1, -0.05) is 44.7 Å². The fraction of sp³-hybridized carbons (Fsp3) is 0.684. The molecule has 1 aromatic rings. The molecule has 0 aliphatic heterocycles. The normalized spacial score (nSPS) is 21.8. The van der Waals surface area contributed by atoms with Crippen molar-refractivity contribution in [1.29, 1.82) is 0 Å². The van der Waals surface area contributed by atoms with Crippen LogP contribution >= 0.6 is 0 Å². The number of rotatable bonds is 4. The maximum atomic E-state index is 2.46. The Morgan fingerprint density at radius 2 is 1.74 bits per heavy atom. The molecular weight excluding hydrogens is 228 g/mol. The van der Waals surface area contributed by atoms with E-state index in [0.29, 0.717) is 0 Å². The van der Waals surface area contributed by atoms with Crippen LogP contribution in [0.1, 0.15) is 74.1 Å². The molecular formula is C19H28. The lowest BCUT2D eigenvalue weighted by molar-refractivity contribution is 0.406. The lowest BCUT2D eigenvalue weighted by Crippen LogP contribution is -2.18. The molecule has 1 atom stereocenters. The number of unbranched alkanes of at least 4 members (excludes halogenated alkanes) is 2. The zero-order valence-corrected chi connectivity index (χ0v) is 12.5. The lowest BCUT2D eigenvalue weighted by Gasteiger charge is -2.29. The molecule has 0 radical (unpaired) electrons. The minimum Gasteiger partial charge on any atom is -0.0654 e. The topological polar surface area (TPSA) is 0 Å². The quantitative estimate of drug-likeness (QED) is 0.645. The second kappa shape index (κ2) is 6.11. The van der Waals surface area contributed by atoms with Crippen LogP contribution in [0.25, 0.3) is 0 Å². The minimum atomic E-state index is 0.973. The Bertz CT molecular complexity index is 430. The Kier molecular flexibility index (Phi) is 4.25. The number of benzene rings is 1. The van der Waals surface area contributed by atoms with Gasteiger partial charge >= 0.3 is 0 Å². The molecule has 104 valence electrons. The van der Waals surface area contributed by atoms with Crippen molar-refractivity contribution >= 4 is 0 Å². The van der Waals surface area contributed by atoms with E-state index in [2.05, 4.69) is 19.1 Å². The fourth-order valence-corrected chi connectivity index (χ4v) is 4.15. The van der Waals surface area contributed by atoms with Gasteiger partial charge in [0.15, 0.2) is 0 Å². The van der Waals surface area contributed by atoms with Crippen molar-refractivity contribution in [2.24, 2.45) is 5.92 Å². The highest BCUT2D eigenvalue weighted by molar-refractivity contribution is 5.44. The van der Waals surface area contributed by atoms with Gasteiger partial charge in [-0.3, -0.25) is 0 Å². The molecule has 0 spiro atoms. The highest BCUT2D eigenvalue weighted by atomic mass is 14.3. The van der Waals surface area contributed by atoms with Gasteiger partial charge in [0.2, 0.25) is 0 Å². The summed E-state index contributed by atoms with van der Waals surface area (Å²) in [6.45, 7) is 2.31. The summed E-state index contributed by atoms with van der Waals surface area (Å²) in [5.41, 5.74) is 6.91. The summed E-state index contributed by atoms with van der Waals surface area (Å²) >= 11 is 0. The molecule has 0 amide bonds. The van der Waals surface area contributed by atoms with Crippen molar-refractivity contribution in [3.05, 3.63) is 34.4 Å². The van der Waals surface area contributed by atoms with E-state index < -0.39 is 0 Å². The van der Waals surface area contributed by atoms with Crippen LogP contribution in [-0.4, -0.2) is 0 Å². The number of hydrogen-bond donors (Lipinski definition) is 0. The zero-order valence-electron chi connectivity index (χ0n) is 12.5. The van der Waals surface area contributed by atoms with Gasteiger partial charge in [0.05, 0.1) is 0 Å². The first-order valence-corrected chi connectivity index (χ1v) is 8.51. The van der Waals surface area contributed by atoms with Gasteiger partial charge in [-0.15, -0.1) is 0 Å².